The van der Waals surface area contributed by atoms with Crippen LogP contribution < -0.4 is 5.32 Å². The Hall–Kier alpha value is -2.37. The first-order valence-electron chi connectivity index (χ1n) is 10.2. The van der Waals surface area contributed by atoms with Gasteiger partial charge < -0.3 is 15.0 Å². The number of aliphatic imine (C=N–C) groups is 1. The number of nitrogens with one attached hydrogen (secondary N) is 1. The van der Waals surface area contributed by atoms with E-state index >= 15 is 0 Å². The van der Waals surface area contributed by atoms with E-state index in [4.69, 9.17) is 4.74 Å². The number of rotatable bonds is 4. The molecule has 0 spiro atoms. The third-order valence-corrected chi connectivity index (χ3v) is 5.59. The summed E-state index contributed by atoms with van der Waals surface area (Å²) in [6, 6.07) is 17.6. The van der Waals surface area contributed by atoms with Crippen LogP contribution in [0.5, 0.6) is 0 Å². The SMILES string of the molecule is CN=C(NCc1cccc(CN2CCOCC2)c1)N1CCc2ccccc2C1. The van der Waals surface area contributed by atoms with Gasteiger partial charge in [0.05, 0.1) is 13.2 Å². The van der Waals surface area contributed by atoms with E-state index < -0.39 is 0 Å². The zero-order valence-electron chi connectivity index (χ0n) is 16.7. The van der Waals surface area contributed by atoms with Crippen LogP contribution in [0.2, 0.25) is 0 Å². The lowest BCUT2D eigenvalue weighted by Crippen LogP contribution is -2.43. The maximum atomic E-state index is 5.45. The minimum absolute atomic E-state index is 0.793. The van der Waals surface area contributed by atoms with Crippen molar-refractivity contribution in [2.24, 2.45) is 4.99 Å². The summed E-state index contributed by atoms with van der Waals surface area (Å²) < 4.78 is 5.45. The lowest BCUT2D eigenvalue weighted by molar-refractivity contribution is 0.0342. The zero-order valence-corrected chi connectivity index (χ0v) is 16.7. The zero-order chi connectivity index (χ0) is 19.2. The number of hydrogen-bond acceptors (Lipinski definition) is 3. The van der Waals surface area contributed by atoms with Crippen LogP contribution in [0.25, 0.3) is 0 Å². The second-order valence-corrected chi connectivity index (χ2v) is 7.55. The van der Waals surface area contributed by atoms with Gasteiger partial charge in [-0.2, -0.15) is 0 Å². The summed E-state index contributed by atoms with van der Waals surface area (Å²) in [5.41, 5.74) is 5.53. The Kier molecular flexibility index (Phi) is 6.24. The van der Waals surface area contributed by atoms with Crippen molar-refractivity contribution in [3.05, 3.63) is 70.8 Å². The standard InChI is InChI=1S/C23H30N4O/c1-24-23(27-10-9-21-7-2-3-8-22(21)18-27)25-16-19-5-4-6-20(15-19)17-26-11-13-28-14-12-26/h2-8,15H,9-14,16-18H2,1H3,(H,24,25). The molecule has 1 saturated heterocycles. The Balaban J connectivity index is 1.35. The summed E-state index contributed by atoms with van der Waals surface area (Å²) in [5, 5.41) is 3.56. The fourth-order valence-electron chi connectivity index (χ4n) is 4.05. The van der Waals surface area contributed by atoms with Crippen LogP contribution in [0.3, 0.4) is 0 Å². The van der Waals surface area contributed by atoms with Gasteiger partial charge in [0.15, 0.2) is 5.96 Å². The fourth-order valence-corrected chi connectivity index (χ4v) is 4.05. The Morgan fingerprint density at radius 3 is 2.61 bits per heavy atom. The van der Waals surface area contributed by atoms with Crippen LogP contribution in [-0.2, 0) is 30.8 Å². The van der Waals surface area contributed by atoms with Gasteiger partial charge in [-0.1, -0.05) is 48.5 Å². The van der Waals surface area contributed by atoms with E-state index in [0.29, 0.717) is 0 Å². The van der Waals surface area contributed by atoms with Gasteiger partial charge in [-0.25, -0.2) is 0 Å². The first-order valence-corrected chi connectivity index (χ1v) is 10.2. The first-order chi connectivity index (χ1) is 13.8. The number of benzene rings is 2. The highest BCUT2D eigenvalue weighted by molar-refractivity contribution is 5.80. The van der Waals surface area contributed by atoms with Crippen LogP contribution in [0, 0.1) is 0 Å². The van der Waals surface area contributed by atoms with E-state index in [1.807, 2.05) is 7.05 Å². The lowest BCUT2D eigenvalue weighted by Gasteiger charge is -2.31. The number of fused-ring (bicyclic) bond motifs is 1. The molecule has 0 saturated carbocycles. The molecule has 2 aromatic rings. The summed E-state index contributed by atoms with van der Waals surface area (Å²) in [7, 11) is 1.87. The number of ether oxygens (including phenoxy) is 1. The van der Waals surface area contributed by atoms with E-state index in [9.17, 15) is 0 Å². The molecule has 4 rings (SSSR count). The van der Waals surface area contributed by atoms with Crippen molar-refractivity contribution in [1.82, 2.24) is 15.1 Å². The summed E-state index contributed by atoms with van der Waals surface area (Å²) in [4.78, 5) is 9.33. The second kappa shape index (κ2) is 9.22. The first kappa shape index (κ1) is 19.0. The van der Waals surface area contributed by atoms with Crippen LogP contribution in [0.1, 0.15) is 22.3 Å². The molecule has 0 amide bonds. The van der Waals surface area contributed by atoms with Crippen LogP contribution in [-0.4, -0.2) is 55.7 Å². The Morgan fingerprint density at radius 1 is 1.00 bits per heavy atom. The van der Waals surface area contributed by atoms with E-state index in [1.54, 1.807) is 0 Å². The molecular formula is C23H30N4O. The highest BCUT2D eigenvalue weighted by Gasteiger charge is 2.18. The molecule has 1 N–H and O–H groups in total. The molecule has 0 aliphatic carbocycles. The maximum absolute atomic E-state index is 5.45. The van der Waals surface area contributed by atoms with Crippen LogP contribution in [0.15, 0.2) is 53.5 Å². The smallest absolute Gasteiger partial charge is 0.194 e. The average Bonchev–Trinajstić information content (AvgIpc) is 2.75. The molecule has 1 fully saturated rings. The van der Waals surface area contributed by atoms with Crippen molar-refractivity contribution in [1.29, 1.82) is 0 Å². The highest BCUT2D eigenvalue weighted by Crippen LogP contribution is 2.18. The van der Waals surface area contributed by atoms with Crippen molar-refractivity contribution in [3.63, 3.8) is 0 Å². The van der Waals surface area contributed by atoms with E-state index in [0.717, 1.165) is 64.9 Å². The van der Waals surface area contributed by atoms with E-state index in [2.05, 4.69) is 68.6 Å². The lowest BCUT2D eigenvalue weighted by atomic mass is 10.0. The monoisotopic (exact) mass is 378 g/mol. The minimum Gasteiger partial charge on any atom is -0.379 e. The molecule has 2 heterocycles. The van der Waals surface area contributed by atoms with Crippen molar-refractivity contribution in [2.75, 3.05) is 39.9 Å². The Bertz CT molecular complexity index is 814. The molecule has 148 valence electrons. The van der Waals surface area contributed by atoms with E-state index in [1.165, 1.54) is 22.3 Å². The molecule has 5 nitrogen and oxygen atoms in total. The maximum Gasteiger partial charge on any atom is 0.194 e. The van der Waals surface area contributed by atoms with Gasteiger partial charge in [0.1, 0.15) is 0 Å². The minimum atomic E-state index is 0.793. The molecule has 0 atom stereocenters. The summed E-state index contributed by atoms with van der Waals surface area (Å²) in [6.07, 6.45) is 1.08. The Labute approximate surface area is 168 Å². The van der Waals surface area contributed by atoms with Gasteiger partial charge >= 0.3 is 0 Å². The second-order valence-electron chi connectivity index (χ2n) is 7.55. The molecule has 28 heavy (non-hydrogen) atoms. The molecule has 5 heteroatoms. The van der Waals surface area contributed by atoms with Gasteiger partial charge in [0.25, 0.3) is 0 Å². The largest absolute Gasteiger partial charge is 0.379 e. The van der Waals surface area contributed by atoms with Gasteiger partial charge in [-0.3, -0.25) is 9.89 Å². The highest BCUT2D eigenvalue weighted by atomic mass is 16.5. The van der Waals surface area contributed by atoms with Gasteiger partial charge in [-0.15, -0.1) is 0 Å². The molecule has 0 radical (unpaired) electrons. The normalized spacial score (nSPS) is 18.0. The third kappa shape index (κ3) is 4.72. The molecule has 2 aromatic carbocycles. The van der Waals surface area contributed by atoms with Crippen molar-refractivity contribution in [2.45, 2.75) is 26.1 Å². The fraction of sp³-hybridized carbons (Fsp3) is 0.435. The molecule has 0 bridgehead atoms. The van der Waals surface area contributed by atoms with Crippen molar-refractivity contribution in [3.8, 4) is 0 Å². The predicted octanol–water partition coefficient (Wildman–Crippen LogP) is 2.65. The van der Waals surface area contributed by atoms with Gasteiger partial charge in [0.2, 0.25) is 0 Å². The van der Waals surface area contributed by atoms with Gasteiger partial charge in [0, 0.05) is 46.3 Å². The molecule has 2 aliphatic heterocycles. The van der Waals surface area contributed by atoms with Crippen LogP contribution >= 0.6 is 0 Å². The molecule has 0 unspecified atom stereocenters. The average molecular weight is 379 g/mol. The third-order valence-electron chi connectivity index (χ3n) is 5.59. The summed E-state index contributed by atoms with van der Waals surface area (Å²) in [5.74, 6) is 0.980. The number of guanidine groups is 1. The quantitative estimate of drug-likeness (QED) is 0.656. The summed E-state index contributed by atoms with van der Waals surface area (Å²) in [6.45, 7) is 7.45. The van der Waals surface area contributed by atoms with Crippen molar-refractivity contribution < 1.29 is 4.74 Å². The summed E-state index contributed by atoms with van der Waals surface area (Å²) >= 11 is 0. The Morgan fingerprint density at radius 2 is 1.79 bits per heavy atom. The van der Waals surface area contributed by atoms with E-state index in [-0.39, 0.29) is 0 Å². The molecule has 0 aromatic heterocycles. The predicted molar refractivity (Wildman–Crippen MR) is 113 cm³/mol. The van der Waals surface area contributed by atoms with Crippen molar-refractivity contribution >= 4 is 5.96 Å². The number of morpholine rings is 1. The number of nitrogens with zero attached hydrogens (tertiary/aromatic N) is 3. The topological polar surface area (TPSA) is 40.1 Å². The molecular weight excluding hydrogens is 348 g/mol. The number of hydrogen-bond donors (Lipinski definition) is 1. The molecule has 2 aliphatic rings. The van der Waals surface area contributed by atoms with Gasteiger partial charge in [-0.05, 0) is 28.7 Å². The van der Waals surface area contributed by atoms with Crippen LogP contribution in [0.4, 0.5) is 0 Å².